The molecule has 0 unspecified atom stereocenters. The fourth-order valence-corrected chi connectivity index (χ4v) is 2.15. The Kier molecular flexibility index (Phi) is 7.35. The first-order valence-electron chi connectivity index (χ1n) is 7.81. The van der Waals surface area contributed by atoms with Crippen molar-refractivity contribution in [3.05, 3.63) is 53.1 Å². The first kappa shape index (κ1) is 20.7. The summed E-state index contributed by atoms with van der Waals surface area (Å²) < 4.78 is 10.1. The van der Waals surface area contributed by atoms with Crippen molar-refractivity contribution in [2.45, 2.75) is 0 Å². The Balaban J connectivity index is 1.97. The number of carboxylic acid groups (broad SMARTS) is 1. The van der Waals surface area contributed by atoms with Gasteiger partial charge in [0.05, 0.1) is 13.3 Å². The third-order valence-electron chi connectivity index (χ3n) is 3.25. The number of amides is 2. The Hall–Kier alpha value is -3.59. The number of halogens is 1. The standard InChI is InChI=1S/C18H16ClN3O6/c1-27-14-5-3-13(4-6-14)21-17(25)18(26)22-20-9-11-8-12(19)2-7-15(11)28-10-16(23)24/h2-9H,10H2,1H3,(H,21,25)(H,22,26)(H,23,24)/b20-9-. The summed E-state index contributed by atoms with van der Waals surface area (Å²) in [7, 11) is 1.51. The number of benzene rings is 2. The van der Waals surface area contributed by atoms with Gasteiger partial charge in [-0.15, -0.1) is 0 Å². The molecule has 0 aromatic heterocycles. The van der Waals surface area contributed by atoms with Crippen LogP contribution in [0.2, 0.25) is 5.02 Å². The van der Waals surface area contributed by atoms with Gasteiger partial charge in [0, 0.05) is 16.3 Å². The van der Waals surface area contributed by atoms with E-state index < -0.39 is 24.4 Å². The second-order valence-corrected chi connectivity index (χ2v) is 5.68. The SMILES string of the molecule is COc1ccc(NC(=O)C(=O)N/N=C\c2cc(Cl)ccc2OCC(=O)O)cc1. The van der Waals surface area contributed by atoms with Gasteiger partial charge in [0.1, 0.15) is 11.5 Å². The minimum absolute atomic E-state index is 0.201. The summed E-state index contributed by atoms with van der Waals surface area (Å²) in [6.45, 7) is -0.556. The van der Waals surface area contributed by atoms with Crippen LogP contribution in [-0.4, -0.2) is 42.8 Å². The van der Waals surface area contributed by atoms with Crippen molar-refractivity contribution >= 4 is 41.3 Å². The molecule has 3 N–H and O–H groups in total. The first-order chi connectivity index (χ1) is 13.4. The fraction of sp³-hybridized carbons (Fsp3) is 0.111. The smallest absolute Gasteiger partial charge is 0.341 e. The predicted molar refractivity (Wildman–Crippen MR) is 102 cm³/mol. The maximum atomic E-state index is 11.9. The molecule has 0 aliphatic heterocycles. The maximum absolute atomic E-state index is 11.9. The van der Waals surface area contributed by atoms with Gasteiger partial charge in [-0.1, -0.05) is 11.6 Å². The van der Waals surface area contributed by atoms with Crippen molar-refractivity contribution in [1.29, 1.82) is 0 Å². The van der Waals surface area contributed by atoms with Gasteiger partial charge in [-0.25, -0.2) is 10.2 Å². The highest BCUT2D eigenvalue weighted by Crippen LogP contribution is 2.21. The summed E-state index contributed by atoms with van der Waals surface area (Å²) in [6, 6.07) is 10.8. The van der Waals surface area contributed by atoms with Crippen molar-refractivity contribution in [2.24, 2.45) is 5.10 Å². The molecule has 0 radical (unpaired) electrons. The van der Waals surface area contributed by atoms with Crippen LogP contribution in [0.4, 0.5) is 5.69 Å². The lowest BCUT2D eigenvalue weighted by atomic mass is 10.2. The van der Waals surface area contributed by atoms with Gasteiger partial charge >= 0.3 is 17.8 Å². The number of hydrogen-bond donors (Lipinski definition) is 3. The molecule has 0 aliphatic carbocycles. The van der Waals surface area contributed by atoms with Crippen LogP contribution in [0.5, 0.6) is 11.5 Å². The Labute approximate surface area is 164 Å². The van der Waals surface area contributed by atoms with E-state index in [2.05, 4.69) is 15.8 Å². The molecule has 2 amide bonds. The van der Waals surface area contributed by atoms with Gasteiger partial charge in [-0.05, 0) is 42.5 Å². The molecule has 2 aromatic rings. The van der Waals surface area contributed by atoms with Crippen molar-refractivity contribution in [3.63, 3.8) is 0 Å². The maximum Gasteiger partial charge on any atom is 0.341 e. The number of nitrogens with one attached hydrogen (secondary N) is 2. The predicted octanol–water partition coefficient (Wildman–Crippen LogP) is 1.90. The number of aliphatic carboxylic acids is 1. The molecule has 0 bridgehead atoms. The van der Waals surface area contributed by atoms with Crippen LogP contribution in [0, 0.1) is 0 Å². The van der Waals surface area contributed by atoms with Crippen LogP contribution in [-0.2, 0) is 14.4 Å². The number of carboxylic acids is 1. The summed E-state index contributed by atoms with van der Waals surface area (Å²) in [6.07, 6.45) is 1.18. The Bertz CT molecular complexity index is 899. The van der Waals surface area contributed by atoms with Crippen molar-refractivity contribution in [2.75, 3.05) is 19.0 Å². The highest BCUT2D eigenvalue weighted by molar-refractivity contribution is 6.39. The molecule has 146 valence electrons. The fourth-order valence-electron chi connectivity index (χ4n) is 1.96. The van der Waals surface area contributed by atoms with E-state index in [1.807, 2.05) is 0 Å². The second kappa shape index (κ2) is 9.93. The van der Waals surface area contributed by atoms with E-state index in [1.165, 1.54) is 31.5 Å². The Morgan fingerprint density at radius 1 is 1.14 bits per heavy atom. The van der Waals surface area contributed by atoms with Gasteiger partial charge in [-0.2, -0.15) is 5.10 Å². The summed E-state index contributed by atoms with van der Waals surface area (Å²) in [5, 5.41) is 15.1. The summed E-state index contributed by atoms with van der Waals surface area (Å²) in [5.41, 5.74) is 2.79. The molecule has 0 aliphatic rings. The normalized spacial score (nSPS) is 10.4. The van der Waals surface area contributed by atoms with E-state index in [9.17, 15) is 14.4 Å². The molecule has 0 spiro atoms. The molecule has 2 rings (SSSR count). The molecule has 0 saturated carbocycles. The zero-order valence-electron chi connectivity index (χ0n) is 14.6. The number of nitrogens with zero attached hydrogens (tertiary/aromatic N) is 1. The molecule has 10 heteroatoms. The Morgan fingerprint density at radius 2 is 1.86 bits per heavy atom. The number of carbonyl (C=O) groups is 3. The summed E-state index contributed by atoms with van der Waals surface area (Å²) in [4.78, 5) is 34.3. The first-order valence-corrected chi connectivity index (χ1v) is 8.19. The largest absolute Gasteiger partial charge is 0.497 e. The van der Waals surface area contributed by atoms with Gasteiger partial charge in [-0.3, -0.25) is 9.59 Å². The molecule has 28 heavy (non-hydrogen) atoms. The average molecular weight is 406 g/mol. The lowest BCUT2D eigenvalue weighted by molar-refractivity contribution is -0.139. The quantitative estimate of drug-likeness (QED) is 0.367. The number of anilines is 1. The minimum atomic E-state index is -1.15. The second-order valence-electron chi connectivity index (χ2n) is 5.25. The lowest BCUT2D eigenvalue weighted by Crippen LogP contribution is -2.32. The van der Waals surface area contributed by atoms with E-state index in [0.717, 1.165) is 0 Å². The number of hydrogen-bond acceptors (Lipinski definition) is 6. The average Bonchev–Trinajstić information content (AvgIpc) is 2.67. The molecule has 0 fully saturated rings. The van der Waals surface area contributed by atoms with E-state index in [4.69, 9.17) is 26.2 Å². The summed E-state index contributed by atoms with van der Waals surface area (Å²) in [5.74, 6) is -2.26. The zero-order valence-corrected chi connectivity index (χ0v) is 15.4. The van der Waals surface area contributed by atoms with Crippen molar-refractivity contribution in [1.82, 2.24) is 5.43 Å². The van der Waals surface area contributed by atoms with E-state index in [-0.39, 0.29) is 5.75 Å². The number of hydrazone groups is 1. The lowest BCUT2D eigenvalue weighted by Gasteiger charge is -2.07. The minimum Gasteiger partial charge on any atom is -0.497 e. The molecule has 2 aromatic carbocycles. The van der Waals surface area contributed by atoms with E-state index in [0.29, 0.717) is 22.0 Å². The van der Waals surface area contributed by atoms with Crippen LogP contribution < -0.4 is 20.2 Å². The van der Waals surface area contributed by atoms with Crippen LogP contribution in [0.3, 0.4) is 0 Å². The van der Waals surface area contributed by atoms with Crippen LogP contribution in [0.15, 0.2) is 47.6 Å². The van der Waals surface area contributed by atoms with Crippen molar-refractivity contribution in [3.8, 4) is 11.5 Å². The van der Waals surface area contributed by atoms with Crippen molar-refractivity contribution < 1.29 is 29.0 Å². The summed E-state index contributed by atoms with van der Waals surface area (Å²) >= 11 is 5.89. The molecule has 0 heterocycles. The highest BCUT2D eigenvalue weighted by Gasteiger charge is 2.13. The Morgan fingerprint density at radius 3 is 2.50 bits per heavy atom. The van der Waals surface area contributed by atoms with Crippen LogP contribution in [0.25, 0.3) is 0 Å². The molecular formula is C18H16ClN3O6. The van der Waals surface area contributed by atoms with Crippen LogP contribution in [0.1, 0.15) is 5.56 Å². The van der Waals surface area contributed by atoms with Gasteiger partial charge < -0.3 is 19.9 Å². The number of carbonyl (C=O) groups excluding carboxylic acids is 2. The van der Waals surface area contributed by atoms with Crippen LogP contribution >= 0.6 is 11.6 Å². The molecule has 0 atom stereocenters. The van der Waals surface area contributed by atoms with Gasteiger partial charge in [0.2, 0.25) is 0 Å². The number of ether oxygens (including phenoxy) is 2. The topological polar surface area (TPSA) is 126 Å². The number of rotatable bonds is 7. The van der Waals surface area contributed by atoms with E-state index >= 15 is 0 Å². The zero-order chi connectivity index (χ0) is 20.5. The van der Waals surface area contributed by atoms with E-state index in [1.54, 1.807) is 24.3 Å². The monoisotopic (exact) mass is 405 g/mol. The van der Waals surface area contributed by atoms with Gasteiger partial charge in [0.15, 0.2) is 6.61 Å². The third kappa shape index (κ3) is 6.29. The highest BCUT2D eigenvalue weighted by atomic mass is 35.5. The number of methoxy groups -OCH3 is 1. The molecular weight excluding hydrogens is 390 g/mol. The molecule has 0 saturated heterocycles. The van der Waals surface area contributed by atoms with Gasteiger partial charge in [0.25, 0.3) is 0 Å². The molecule has 9 nitrogen and oxygen atoms in total. The third-order valence-corrected chi connectivity index (χ3v) is 3.48.